The van der Waals surface area contributed by atoms with Gasteiger partial charge >= 0.3 is 5.92 Å². The Balaban J connectivity index is 2.59. The summed E-state index contributed by atoms with van der Waals surface area (Å²) in [6.07, 6.45) is 1.18. The van der Waals surface area contributed by atoms with E-state index in [9.17, 15) is 22.7 Å². The maximum atomic E-state index is 14.6. The van der Waals surface area contributed by atoms with E-state index in [1.807, 2.05) is 22.6 Å². The van der Waals surface area contributed by atoms with Crippen LogP contribution in [0.5, 0.6) is 0 Å². The molecule has 0 aliphatic rings. The molecule has 0 aliphatic heterocycles. The van der Waals surface area contributed by atoms with Crippen LogP contribution in [-0.2, 0) is 11.5 Å². The van der Waals surface area contributed by atoms with Gasteiger partial charge in [-0.25, -0.2) is 8.78 Å². The van der Waals surface area contributed by atoms with E-state index in [0.29, 0.717) is 9.64 Å². The van der Waals surface area contributed by atoms with Crippen LogP contribution in [0, 0.1) is 15.2 Å². The third-order valence-electron chi connectivity index (χ3n) is 3.24. The number of aromatic nitrogens is 1. The van der Waals surface area contributed by atoms with E-state index in [-0.39, 0.29) is 0 Å². The highest BCUT2D eigenvalue weighted by molar-refractivity contribution is 14.1. The molecule has 2 aromatic rings. The number of aliphatic hydroxyl groups is 1. The minimum absolute atomic E-state index is 0.410. The summed E-state index contributed by atoms with van der Waals surface area (Å²) >= 11 is 1.88. The van der Waals surface area contributed by atoms with Crippen LogP contribution < -0.4 is 5.73 Å². The number of hydrogen-bond donors (Lipinski definition) is 2. The largest absolute Gasteiger partial charge is 0.377 e. The number of halogens is 5. The minimum Gasteiger partial charge on any atom is -0.377 e. The van der Waals surface area contributed by atoms with Crippen LogP contribution in [0.4, 0.5) is 17.6 Å². The predicted octanol–water partition coefficient (Wildman–Crippen LogP) is 2.90. The number of nitrogens with zero attached hydrogens (tertiary/aromatic N) is 1. The van der Waals surface area contributed by atoms with Crippen molar-refractivity contribution in [3.05, 3.63) is 63.0 Å². The molecule has 3 N–H and O–H groups in total. The Labute approximate surface area is 137 Å². The molecule has 2 rings (SSSR count). The zero-order valence-electron chi connectivity index (χ0n) is 11.0. The van der Waals surface area contributed by atoms with Crippen molar-refractivity contribution in [3.63, 3.8) is 0 Å². The van der Waals surface area contributed by atoms with E-state index in [0.717, 1.165) is 18.2 Å². The van der Waals surface area contributed by atoms with Crippen LogP contribution in [0.3, 0.4) is 0 Å². The first-order chi connectivity index (χ1) is 10.2. The Morgan fingerprint density at radius 2 is 1.86 bits per heavy atom. The highest BCUT2D eigenvalue weighted by atomic mass is 127. The second-order valence-corrected chi connectivity index (χ2v) is 5.87. The molecular weight excluding hydrogens is 415 g/mol. The number of rotatable bonds is 4. The summed E-state index contributed by atoms with van der Waals surface area (Å²) in [4.78, 5) is 3.57. The van der Waals surface area contributed by atoms with Gasteiger partial charge in [0.05, 0.1) is 0 Å². The summed E-state index contributed by atoms with van der Waals surface area (Å²) in [5.41, 5.74) is 0.679. The minimum atomic E-state index is -3.97. The van der Waals surface area contributed by atoms with Crippen LogP contribution in [0.15, 0.2) is 36.5 Å². The van der Waals surface area contributed by atoms with Crippen LogP contribution >= 0.6 is 22.6 Å². The second kappa shape index (κ2) is 6.09. The van der Waals surface area contributed by atoms with Crippen molar-refractivity contribution in [2.45, 2.75) is 11.5 Å². The first-order valence-electron chi connectivity index (χ1n) is 6.10. The van der Waals surface area contributed by atoms with Crippen molar-refractivity contribution < 1.29 is 22.7 Å². The summed E-state index contributed by atoms with van der Waals surface area (Å²) in [6, 6.07) is 4.32. The molecule has 0 saturated heterocycles. The van der Waals surface area contributed by atoms with Gasteiger partial charge in [-0.15, -0.1) is 0 Å². The molecule has 0 spiro atoms. The molecule has 0 unspecified atom stereocenters. The van der Waals surface area contributed by atoms with Crippen molar-refractivity contribution in [3.8, 4) is 0 Å². The molecule has 0 radical (unpaired) electrons. The van der Waals surface area contributed by atoms with Crippen LogP contribution in [0.1, 0.15) is 11.3 Å². The van der Waals surface area contributed by atoms with E-state index in [4.69, 9.17) is 5.73 Å². The van der Waals surface area contributed by atoms with Gasteiger partial charge in [0.1, 0.15) is 17.3 Å². The number of alkyl halides is 2. The lowest BCUT2D eigenvalue weighted by Crippen LogP contribution is -2.50. The molecule has 3 nitrogen and oxygen atoms in total. The number of pyridine rings is 1. The lowest BCUT2D eigenvalue weighted by atomic mass is 9.85. The van der Waals surface area contributed by atoms with Gasteiger partial charge in [0.2, 0.25) is 0 Å². The van der Waals surface area contributed by atoms with Gasteiger partial charge in [-0.05, 0) is 40.8 Å². The molecule has 8 heteroatoms. The quantitative estimate of drug-likeness (QED) is 0.584. The Hall–Kier alpha value is -1.26. The van der Waals surface area contributed by atoms with Crippen LogP contribution in [-0.4, -0.2) is 16.6 Å². The van der Waals surface area contributed by atoms with Crippen molar-refractivity contribution in [1.82, 2.24) is 4.98 Å². The van der Waals surface area contributed by atoms with Gasteiger partial charge < -0.3 is 10.8 Å². The fourth-order valence-corrected chi connectivity index (χ4v) is 2.32. The third-order valence-corrected chi connectivity index (χ3v) is 3.88. The maximum absolute atomic E-state index is 14.6. The molecule has 1 heterocycles. The zero-order valence-corrected chi connectivity index (χ0v) is 13.2. The molecule has 1 aromatic heterocycles. The number of benzene rings is 1. The average Bonchev–Trinajstić information content (AvgIpc) is 2.46. The predicted molar refractivity (Wildman–Crippen MR) is 80.2 cm³/mol. The second-order valence-electron chi connectivity index (χ2n) is 4.62. The number of hydrogen-bond acceptors (Lipinski definition) is 3. The first-order valence-corrected chi connectivity index (χ1v) is 7.18. The normalized spacial score (nSPS) is 14.7. The van der Waals surface area contributed by atoms with E-state index in [1.165, 1.54) is 12.3 Å². The SMILES string of the molecule is NC[C@@](O)(c1ccc(F)cc1F)C(F)(F)c1ccc(I)cn1. The number of nitrogens with two attached hydrogens (primary N) is 1. The fraction of sp³-hybridized carbons (Fsp3) is 0.214. The van der Waals surface area contributed by atoms with Crippen molar-refractivity contribution >= 4 is 22.6 Å². The van der Waals surface area contributed by atoms with Crippen molar-refractivity contribution in [2.75, 3.05) is 6.54 Å². The summed E-state index contributed by atoms with van der Waals surface area (Å²) in [7, 11) is 0. The van der Waals surface area contributed by atoms with Gasteiger partial charge in [-0.1, -0.05) is 6.07 Å². The van der Waals surface area contributed by atoms with E-state index in [1.54, 1.807) is 0 Å². The van der Waals surface area contributed by atoms with E-state index in [2.05, 4.69) is 4.98 Å². The molecule has 0 fully saturated rings. The monoisotopic (exact) mass is 426 g/mol. The van der Waals surface area contributed by atoms with Crippen molar-refractivity contribution in [2.24, 2.45) is 5.73 Å². The summed E-state index contributed by atoms with van der Waals surface area (Å²) in [5.74, 6) is -6.22. The maximum Gasteiger partial charge on any atom is 0.323 e. The molecule has 22 heavy (non-hydrogen) atoms. The lowest BCUT2D eigenvalue weighted by Gasteiger charge is -2.35. The molecular formula is C14H11F4IN2O. The summed E-state index contributed by atoms with van der Waals surface area (Å²) < 4.78 is 56.7. The highest BCUT2D eigenvalue weighted by Gasteiger charge is 2.56. The summed E-state index contributed by atoms with van der Waals surface area (Å²) in [5, 5.41) is 10.3. The fourth-order valence-electron chi connectivity index (χ4n) is 2.01. The third kappa shape index (κ3) is 2.82. The van der Waals surface area contributed by atoms with Gasteiger partial charge in [0.25, 0.3) is 0 Å². The highest BCUT2D eigenvalue weighted by Crippen LogP contribution is 2.44. The first kappa shape index (κ1) is 17.1. The molecule has 1 atom stereocenters. The van der Waals surface area contributed by atoms with Gasteiger partial charge in [-0.2, -0.15) is 8.78 Å². The van der Waals surface area contributed by atoms with Gasteiger partial charge in [-0.3, -0.25) is 4.98 Å². The molecule has 0 saturated carbocycles. The molecule has 0 aliphatic carbocycles. The molecule has 1 aromatic carbocycles. The Morgan fingerprint density at radius 3 is 2.36 bits per heavy atom. The van der Waals surface area contributed by atoms with Crippen molar-refractivity contribution in [1.29, 1.82) is 0 Å². The molecule has 0 bridgehead atoms. The Kier molecular flexibility index (Phi) is 4.73. The summed E-state index contributed by atoms with van der Waals surface area (Å²) in [6.45, 7) is -0.976. The van der Waals surface area contributed by atoms with Gasteiger partial charge in [0.15, 0.2) is 5.60 Å². The standard InChI is InChI=1S/C14H11F4IN2O/c15-8-1-3-10(11(16)5-8)13(22,7-20)14(17,18)12-4-2-9(19)6-21-12/h1-6,22H,7,20H2/t13-/m1/s1. The topological polar surface area (TPSA) is 59.1 Å². The Bertz CT molecular complexity index is 681. The lowest BCUT2D eigenvalue weighted by molar-refractivity contribution is -0.193. The van der Waals surface area contributed by atoms with Gasteiger partial charge in [0, 0.05) is 27.9 Å². The zero-order chi connectivity index (χ0) is 16.5. The van der Waals surface area contributed by atoms with Crippen LogP contribution in [0.25, 0.3) is 0 Å². The molecule has 0 amide bonds. The average molecular weight is 426 g/mol. The Morgan fingerprint density at radius 1 is 1.18 bits per heavy atom. The van der Waals surface area contributed by atoms with E-state index < -0.39 is 41.0 Å². The van der Waals surface area contributed by atoms with E-state index >= 15 is 0 Å². The van der Waals surface area contributed by atoms with Crippen LogP contribution in [0.2, 0.25) is 0 Å². The smallest absolute Gasteiger partial charge is 0.323 e. The molecule has 118 valence electrons.